The first-order valence-corrected chi connectivity index (χ1v) is 6.31. The fraction of sp³-hybridized carbons (Fsp3) is 0.385. The first-order valence-electron chi connectivity index (χ1n) is 6.31. The Morgan fingerprint density at radius 1 is 1.17 bits per heavy atom. The van der Waals surface area contributed by atoms with Gasteiger partial charge in [0.05, 0.1) is 11.7 Å². The maximum absolute atomic E-state index is 5.43. The molecule has 92 valence electrons. The molecule has 0 aromatic carbocycles. The summed E-state index contributed by atoms with van der Waals surface area (Å²) in [7, 11) is 0. The SMILES string of the molecule is c1cc2c(n1)ncc1[nH][nH]c(C3CCOCC3)c12. The van der Waals surface area contributed by atoms with E-state index in [1.165, 1.54) is 11.1 Å². The summed E-state index contributed by atoms with van der Waals surface area (Å²) in [6.07, 6.45) is 5.81. The molecule has 1 aliphatic heterocycles. The van der Waals surface area contributed by atoms with Crippen LogP contribution in [0.25, 0.3) is 21.9 Å². The molecule has 1 saturated heterocycles. The van der Waals surface area contributed by atoms with Crippen molar-refractivity contribution in [1.29, 1.82) is 0 Å². The molecule has 0 unspecified atom stereocenters. The minimum absolute atomic E-state index is 0.535. The van der Waals surface area contributed by atoms with E-state index >= 15 is 0 Å². The number of hydrogen-bond acceptors (Lipinski definition) is 3. The van der Waals surface area contributed by atoms with Crippen molar-refractivity contribution in [3.8, 4) is 0 Å². The Morgan fingerprint density at radius 3 is 2.94 bits per heavy atom. The Bertz CT molecular complexity index is 693. The summed E-state index contributed by atoms with van der Waals surface area (Å²) in [4.78, 5) is 8.61. The predicted octanol–water partition coefficient (Wildman–Crippen LogP) is 2.33. The number of nitrogens with one attached hydrogen (secondary N) is 2. The van der Waals surface area contributed by atoms with Crippen molar-refractivity contribution in [2.75, 3.05) is 13.2 Å². The number of H-pyrrole nitrogens is 2. The van der Waals surface area contributed by atoms with Crippen LogP contribution in [-0.2, 0) is 4.74 Å². The van der Waals surface area contributed by atoms with Gasteiger partial charge in [-0.05, 0) is 18.9 Å². The first-order chi connectivity index (χ1) is 8.93. The maximum Gasteiger partial charge on any atom is 0.159 e. The third kappa shape index (κ3) is 1.37. The van der Waals surface area contributed by atoms with E-state index in [1.54, 1.807) is 0 Å². The van der Waals surface area contributed by atoms with Crippen molar-refractivity contribution in [3.63, 3.8) is 0 Å². The topological polar surface area (TPSA) is 66.6 Å². The van der Waals surface area contributed by atoms with E-state index in [2.05, 4.69) is 20.2 Å². The number of aromatic nitrogens is 4. The van der Waals surface area contributed by atoms with Gasteiger partial charge in [0.1, 0.15) is 0 Å². The van der Waals surface area contributed by atoms with Crippen LogP contribution in [0.2, 0.25) is 0 Å². The Morgan fingerprint density at radius 2 is 2.06 bits per heavy atom. The van der Waals surface area contributed by atoms with Gasteiger partial charge in [-0.1, -0.05) is 0 Å². The van der Waals surface area contributed by atoms with E-state index in [0.717, 1.165) is 42.6 Å². The van der Waals surface area contributed by atoms with E-state index in [1.807, 2.05) is 18.5 Å². The molecule has 3 aromatic rings. The second-order valence-electron chi connectivity index (χ2n) is 4.78. The molecule has 0 atom stereocenters. The van der Waals surface area contributed by atoms with Crippen molar-refractivity contribution in [2.24, 2.45) is 0 Å². The van der Waals surface area contributed by atoms with Crippen molar-refractivity contribution in [2.45, 2.75) is 18.8 Å². The lowest BCUT2D eigenvalue weighted by molar-refractivity contribution is 0.0848. The van der Waals surface area contributed by atoms with Crippen LogP contribution < -0.4 is 0 Å². The number of ether oxygens (including phenoxy) is 1. The highest BCUT2D eigenvalue weighted by atomic mass is 16.5. The van der Waals surface area contributed by atoms with Crippen LogP contribution in [0.4, 0.5) is 0 Å². The van der Waals surface area contributed by atoms with Crippen molar-refractivity contribution >= 4 is 21.9 Å². The molecule has 18 heavy (non-hydrogen) atoms. The highest BCUT2D eigenvalue weighted by molar-refractivity contribution is 6.04. The molecule has 1 fully saturated rings. The molecule has 4 heterocycles. The van der Waals surface area contributed by atoms with E-state index in [4.69, 9.17) is 4.74 Å². The Labute approximate surface area is 104 Å². The van der Waals surface area contributed by atoms with Crippen LogP contribution in [0, 0.1) is 0 Å². The van der Waals surface area contributed by atoms with Crippen LogP contribution in [0.5, 0.6) is 0 Å². The van der Waals surface area contributed by atoms with Crippen molar-refractivity contribution < 1.29 is 4.74 Å². The Kier molecular flexibility index (Phi) is 2.14. The van der Waals surface area contributed by atoms with Gasteiger partial charge in [0.15, 0.2) is 5.65 Å². The largest absolute Gasteiger partial charge is 0.381 e. The van der Waals surface area contributed by atoms with Crippen LogP contribution >= 0.6 is 0 Å². The van der Waals surface area contributed by atoms with Gasteiger partial charge in [-0.3, -0.25) is 5.10 Å². The maximum atomic E-state index is 5.43. The Balaban J connectivity index is 1.96. The highest BCUT2D eigenvalue weighted by Crippen LogP contribution is 2.33. The average molecular weight is 242 g/mol. The van der Waals surface area contributed by atoms with Crippen molar-refractivity contribution in [3.05, 3.63) is 24.2 Å². The molecule has 5 heteroatoms. The van der Waals surface area contributed by atoms with Crippen LogP contribution in [0.15, 0.2) is 18.5 Å². The zero-order valence-corrected chi connectivity index (χ0v) is 9.94. The average Bonchev–Trinajstić information content (AvgIpc) is 3.05. The molecule has 4 rings (SSSR count). The molecular weight excluding hydrogens is 228 g/mol. The number of hydrogen-bond donors (Lipinski definition) is 2. The number of rotatable bonds is 1. The third-order valence-corrected chi connectivity index (χ3v) is 3.76. The van der Waals surface area contributed by atoms with E-state index in [-0.39, 0.29) is 0 Å². The van der Waals surface area contributed by atoms with E-state index in [0.29, 0.717) is 5.92 Å². The molecule has 1 aliphatic rings. The van der Waals surface area contributed by atoms with Gasteiger partial charge in [0.2, 0.25) is 0 Å². The molecule has 0 radical (unpaired) electrons. The van der Waals surface area contributed by atoms with E-state index in [9.17, 15) is 0 Å². The Hall–Kier alpha value is -1.88. The zero-order chi connectivity index (χ0) is 11.9. The third-order valence-electron chi connectivity index (χ3n) is 3.76. The number of nitrogens with zero attached hydrogens (tertiary/aromatic N) is 2. The predicted molar refractivity (Wildman–Crippen MR) is 68.5 cm³/mol. The lowest BCUT2D eigenvalue weighted by atomic mass is 9.94. The fourth-order valence-corrected chi connectivity index (χ4v) is 2.83. The molecule has 0 amide bonds. The minimum atomic E-state index is 0.535. The van der Waals surface area contributed by atoms with E-state index < -0.39 is 0 Å². The van der Waals surface area contributed by atoms with Gasteiger partial charge in [-0.15, -0.1) is 0 Å². The molecular formula is C13H14N4O. The van der Waals surface area contributed by atoms with Gasteiger partial charge >= 0.3 is 0 Å². The van der Waals surface area contributed by atoms with Crippen molar-refractivity contribution in [1.82, 2.24) is 20.2 Å². The summed E-state index contributed by atoms with van der Waals surface area (Å²) in [6, 6.07) is 2.04. The molecule has 0 spiro atoms. The smallest absolute Gasteiger partial charge is 0.159 e. The summed E-state index contributed by atoms with van der Waals surface area (Å²) in [5.74, 6) is 0.535. The quantitative estimate of drug-likeness (QED) is 0.688. The van der Waals surface area contributed by atoms with Gasteiger partial charge in [-0.25, -0.2) is 9.97 Å². The first kappa shape index (κ1) is 10.1. The van der Waals surface area contributed by atoms with Gasteiger partial charge in [0, 0.05) is 41.8 Å². The summed E-state index contributed by atoms with van der Waals surface area (Å²) >= 11 is 0. The zero-order valence-electron chi connectivity index (χ0n) is 9.94. The molecule has 0 saturated carbocycles. The lowest BCUT2D eigenvalue weighted by Crippen LogP contribution is -2.14. The van der Waals surface area contributed by atoms with Gasteiger partial charge in [0.25, 0.3) is 0 Å². The fourth-order valence-electron chi connectivity index (χ4n) is 2.83. The van der Waals surface area contributed by atoms with Crippen LogP contribution in [-0.4, -0.2) is 33.4 Å². The minimum Gasteiger partial charge on any atom is -0.381 e. The lowest BCUT2D eigenvalue weighted by Gasteiger charge is -2.21. The standard InChI is InChI=1S/C13H14N4O/c1-4-14-13-9(1)11-10(7-15-13)16-17-12(11)8-2-5-18-6-3-8/h1,4,7-8,16-17H,2-3,5-6H2. The van der Waals surface area contributed by atoms with Crippen LogP contribution in [0.3, 0.4) is 0 Å². The molecule has 2 N–H and O–H groups in total. The normalized spacial score (nSPS) is 17.8. The summed E-state index contributed by atoms with van der Waals surface area (Å²) in [6.45, 7) is 1.69. The number of fused-ring (bicyclic) bond motifs is 3. The number of pyridine rings is 1. The van der Waals surface area contributed by atoms with Gasteiger partial charge in [-0.2, -0.15) is 0 Å². The van der Waals surface area contributed by atoms with Gasteiger partial charge < -0.3 is 9.84 Å². The summed E-state index contributed by atoms with van der Waals surface area (Å²) < 4.78 is 5.43. The second-order valence-corrected chi connectivity index (χ2v) is 4.78. The second kappa shape index (κ2) is 3.81. The van der Waals surface area contributed by atoms with Crippen LogP contribution in [0.1, 0.15) is 24.5 Å². The molecule has 0 bridgehead atoms. The molecule has 0 aliphatic carbocycles. The summed E-state index contributed by atoms with van der Waals surface area (Å²) in [5.41, 5.74) is 3.15. The monoisotopic (exact) mass is 242 g/mol. The molecule has 5 nitrogen and oxygen atoms in total. The highest BCUT2D eigenvalue weighted by Gasteiger charge is 2.21. The number of aromatic amines is 2. The summed E-state index contributed by atoms with van der Waals surface area (Å²) in [5, 5.41) is 8.90. The molecule has 3 aromatic heterocycles.